The first-order chi connectivity index (χ1) is 10.1. The molecular formula is C15H23N3O2S. The van der Waals surface area contributed by atoms with Crippen LogP contribution in [0.4, 0.5) is 0 Å². The lowest BCUT2D eigenvalue weighted by Crippen LogP contribution is -2.41. The highest BCUT2D eigenvalue weighted by Gasteiger charge is 2.28. The Bertz CT molecular complexity index is 475. The Hall–Kier alpha value is -1.40. The van der Waals surface area contributed by atoms with Gasteiger partial charge in [0.05, 0.1) is 5.92 Å². The molecule has 5 nitrogen and oxygen atoms in total. The number of carbonyl (C=O) groups is 2. The minimum Gasteiger partial charge on any atom is -0.359 e. The number of carbonyl (C=O) groups excluding carboxylic acids is 2. The van der Waals surface area contributed by atoms with Crippen LogP contribution in [0.5, 0.6) is 0 Å². The van der Waals surface area contributed by atoms with Gasteiger partial charge in [-0.1, -0.05) is 6.07 Å². The zero-order valence-corrected chi connectivity index (χ0v) is 13.5. The molecule has 1 aromatic heterocycles. The van der Waals surface area contributed by atoms with E-state index < -0.39 is 0 Å². The summed E-state index contributed by atoms with van der Waals surface area (Å²) < 4.78 is 0. The van der Waals surface area contributed by atoms with Gasteiger partial charge in [0.15, 0.2) is 0 Å². The normalized spacial score (nSPS) is 20.1. The maximum Gasteiger partial charge on any atom is 0.225 e. The van der Waals surface area contributed by atoms with E-state index in [0.717, 1.165) is 13.0 Å². The first kappa shape index (κ1) is 16.0. The van der Waals surface area contributed by atoms with Gasteiger partial charge in [0, 0.05) is 44.5 Å². The van der Waals surface area contributed by atoms with Crippen LogP contribution in [-0.4, -0.2) is 61.9 Å². The van der Waals surface area contributed by atoms with E-state index in [1.54, 1.807) is 18.4 Å². The lowest BCUT2D eigenvalue weighted by atomic mass is 10.1. The van der Waals surface area contributed by atoms with Crippen LogP contribution in [-0.2, 0) is 16.0 Å². The fourth-order valence-electron chi connectivity index (χ4n) is 2.61. The minimum atomic E-state index is -0.145. The molecule has 0 saturated carbocycles. The van der Waals surface area contributed by atoms with Crippen LogP contribution < -0.4 is 5.32 Å². The third-order valence-corrected chi connectivity index (χ3v) is 4.80. The van der Waals surface area contributed by atoms with E-state index in [9.17, 15) is 9.59 Å². The molecule has 1 N–H and O–H groups in total. The van der Waals surface area contributed by atoms with Gasteiger partial charge in [0.1, 0.15) is 0 Å². The Kier molecular flexibility index (Phi) is 5.76. The molecule has 0 spiro atoms. The smallest absolute Gasteiger partial charge is 0.225 e. The van der Waals surface area contributed by atoms with Crippen molar-refractivity contribution in [3.05, 3.63) is 22.4 Å². The summed E-state index contributed by atoms with van der Waals surface area (Å²) in [4.78, 5) is 29.5. The molecule has 1 atom stereocenters. The predicted molar refractivity (Wildman–Crippen MR) is 84.3 cm³/mol. The largest absolute Gasteiger partial charge is 0.359 e. The molecule has 116 valence electrons. The number of rotatable bonds is 4. The highest BCUT2D eigenvalue weighted by atomic mass is 32.1. The highest BCUT2D eigenvalue weighted by Crippen LogP contribution is 2.14. The Morgan fingerprint density at radius 2 is 2.19 bits per heavy atom. The van der Waals surface area contributed by atoms with Crippen molar-refractivity contribution in [2.75, 3.05) is 40.3 Å². The molecule has 0 aromatic carbocycles. The van der Waals surface area contributed by atoms with Crippen molar-refractivity contribution in [1.29, 1.82) is 0 Å². The van der Waals surface area contributed by atoms with E-state index in [1.807, 2.05) is 23.4 Å². The molecule has 6 heteroatoms. The summed E-state index contributed by atoms with van der Waals surface area (Å²) in [6.45, 7) is 2.74. The van der Waals surface area contributed by atoms with Crippen molar-refractivity contribution in [2.24, 2.45) is 5.92 Å². The van der Waals surface area contributed by atoms with E-state index in [0.29, 0.717) is 26.1 Å². The first-order valence-corrected chi connectivity index (χ1v) is 8.18. The Balaban J connectivity index is 1.93. The second-order valence-electron chi connectivity index (χ2n) is 5.49. The van der Waals surface area contributed by atoms with Crippen molar-refractivity contribution < 1.29 is 9.59 Å². The number of hydrogen-bond acceptors (Lipinski definition) is 4. The van der Waals surface area contributed by atoms with Crippen molar-refractivity contribution in [1.82, 2.24) is 15.1 Å². The molecule has 0 unspecified atom stereocenters. The number of thiophene rings is 1. The maximum absolute atomic E-state index is 12.4. The van der Waals surface area contributed by atoms with Gasteiger partial charge < -0.3 is 15.1 Å². The van der Waals surface area contributed by atoms with Crippen LogP contribution in [0.2, 0.25) is 0 Å². The van der Waals surface area contributed by atoms with E-state index in [1.165, 1.54) is 4.88 Å². The molecule has 1 saturated heterocycles. The number of likely N-dealkylation sites (N-methyl/N-ethyl adjacent to an activating group) is 1. The zero-order valence-electron chi connectivity index (χ0n) is 12.7. The summed E-state index contributed by atoms with van der Waals surface area (Å²) in [5.41, 5.74) is 0. The van der Waals surface area contributed by atoms with Crippen LogP contribution in [0.15, 0.2) is 17.5 Å². The van der Waals surface area contributed by atoms with Gasteiger partial charge in [-0.15, -0.1) is 11.3 Å². The van der Waals surface area contributed by atoms with Gasteiger partial charge in [-0.3, -0.25) is 9.59 Å². The number of aryl methyl sites for hydroxylation is 1. The number of amides is 2. The van der Waals surface area contributed by atoms with Gasteiger partial charge in [0.25, 0.3) is 0 Å². The summed E-state index contributed by atoms with van der Waals surface area (Å²) >= 11 is 1.68. The van der Waals surface area contributed by atoms with E-state index >= 15 is 0 Å². The van der Waals surface area contributed by atoms with E-state index in [-0.39, 0.29) is 17.7 Å². The third-order valence-electron chi connectivity index (χ3n) is 3.86. The second kappa shape index (κ2) is 7.56. The zero-order chi connectivity index (χ0) is 15.2. The molecular weight excluding hydrogens is 286 g/mol. The lowest BCUT2D eigenvalue weighted by Gasteiger charge is -2.23. The average molecular weight is 309 g/mol. The van der Waals surface area contributed by atoms with E-state index in [4.69, 9.17) is 0 Å². The Morgan fingerprint density at radius 3 is 2.86 bits per heavy atom. The molecule has 0 bridgehead atoms. The molecule has 2 heterocycles. The standard InChI is InChI=1S/C15H23N3O2S/c1-16-15(20)12-10-17(2)7-8-18(11-12)14(19)6-5-13-4-3-9-21-13/h3-4,9,12H,5-8,10-11H2,1-2H3,(H,16,20)/t12-/m0/s1. The average Bonchev–Trinajstić information content (AvgIpc) is 2.92. The van der Waals surface area contributed by atoms with Gasteiger partial charge in [-0.25, -0.2) is 0 Å². The summed E-state index contributed by atoms with van der Waals surface area (Å²) in [6, 6.07) is 4.06. The Labute approximate surface area is 129 Å². The van der Waals surface area contributed by atoms with Crippen LogP contribution in [0.25, 0.3) is 0 Å². The Morgan fingerprint density at radius 1 is 1.38 bits per heavy atom. The molecule has 2 rings (SSSR count). The first-order valence-electron chi connectivity index (χ1n) is 7.30. The number of hydrogen-bond donors (Lipinski definition) is 1. The summed E-state index contributed by atoms with van der Waals surface area (Å²) in [5.74, 6) is 0.0144. The number of nitrogens with one attached hydrogen (secondary N) is 1. The molecule has 1 fully saturated rings. The molecule has 21 heavy (non-hydrogen) atoms. The maximum atomic E-state index is 12.4. The van der Waals surface area contributed by atoms with Gasteiger partial charge in [-0.05, 0) is 24.9 Å². The van der Waals surface area contributed by atoms with Crippen molar-refractivity contribution >= 4 is 23.2 Å². The lowest BCUT2D eigenvalue weighted by molar-refractivity contribution is -0.132. The SMILES string of the molecule is CNC(=O)[C@H]1CN(C)CCN(C(=O)CCc2cccs2)C1. The predicted octanol–water partition coefficient (Wildman–Crippen LogP) is 0.817. The fraction of sp³-hybridized carbons (Fsp3) is 0.600. The quantitative estimate of drug-likeness (QED) is 0.896. The molecule has 1 aliphatic heterocycles. The van der Waals surface area contributed by atoms with Crippen molar-refractivity contribution in [3.8, 4) is 0 Å². The van der Waals surface area contributed by atoms with Crippen LogP contribution >= 0.6 is 11.3 Å². The third kappa shape index (κ3) is 4.54. The van der Waals surface area contributed by atoms with Crippen LogP contribution in [0.1, 0.15) is 11.3 Å². The van der Waals surface area contributed by atoms with Crippen LogP contribution in [0, 0.1) is 5.92 Å². The second-order valence-corrected chi connectivity index (χ2v) is 6.52. The molecule has 1 aliphatic rings. The molecule has 0 aliphatic carbocycles. The van der Waals surface area contributed by atoms with Crippen LogP contribution in [0.3, 0.4) is 0 Å². The van der Waals surface area contributed by atoms with Gasteiger partial charge >= 0.3 is 0 Å². The highest BCUT2D eigenvalue weighted by molar-refractivity contribution is 7.09. The van der Waals surface area contributed by atoms with Gasteiger partial charge in [0.2, 0.25) is 11.8 Å². The van der Waals surface area contributed by atoms with Crippen molar-refractivity contribution in [3.63, 3.8) is 0 Å². The summed E-state index contributed by atoms with van der Waals surface area (Å²) in [6.07, 6.45) is 1.30. The summed E-state index contributed by atoms with van der Waals surface area (Å²) in [7, 11) is 3.64. The number of nitrogens with zero attached hydrogens (tertiary/aromatic N) is 2. The van der Waals surface area contributed by atoms with E-state index in [2.05, 4.69) is 16.3 Å². The molecule has 1 aromatic rings. The minimum absolute atomic E-state index is 0.0137. The van der Waals surface area contributed by atoms with Gasteiger partial charge in [-0.2, -0.15) is 0 Å². The topological polar surface area (TPSA) is 52.7 Å². The van der Waals surface area contributed by atoms with Crippen molar-refractivity contribution in [2.45, 2.75) is 12.8 Å². The molecule has 0 radical (unpaired) electrons. The monoisotopic (exact) mass is 309 g/mol. The summed E-state index contributed by atoms with van der Waals surface area (Å²) in [5, 5.41) is 4.73. The molecule has 2 amide bonds. The fourth-order valence-corrected chi connectivity index (χ4v) is 3.32.